The SMILES string of the molecule is C=C[C@@H]1C[C@]1(NC(=O)[C@@H]1CN(C(=O)[C@@H](NC(=O)OC(C)(C)C)C(C)C)C[C@H]1c1ccccc1)C(=O)NS(=O)(=O)c1c#cccc1NC. The summed E-state index contributed by atoms with van der Waals surface area (Å²) >= 11 is 0. The first-order chi connectivity index (χ1) is 22.0. The average molecular weight is 666 g/mol. The third-order valence-corrected chi connectivity index (χ3v) is 9.69. The van der Waals surface area contributed by atoms with Gasteiger partial charge in [-0.15, -0.1) is 6.58 Å². The van der Waals surface area contributed by atoms with Crippen LogP contribution in [0.1, 0.15) is 52.5 Å². The number of carbonyl (C=O) groups excluding carboxylic acids is 4. The molecule has 2 aromatic carbocycles. The van der Waals surface area contributed by atoms with Crippen LogP contribution in [-0.2, 0) is 29.1 Å². The highest BCUT2D eigenvalue weighted by Gasteiger charge is 2.61. The summed E-state index contributed by atoms with van der Waals surface area (Å²) in [5.74, 6) is -3.80. The van der Waals surface area contributed by atoms with Crippen molar-refractivity contribution in [3.05, 3.63) is 72.8 Å². The number of hydrogen-bond acceptors (Lipinski definition) is 8. The zero-order chi connectivity index (χ0) is 34.7. The van der Waals surface area contributed by atoms with Gasteiger partial charge in [-0.25, -0.2) is 17.9 Å². The molecule has 252 valence electrons. The molecule has 2 aliphatic rings. The third-order valence-electron chi connectivity index (χ3n) is 8.38. The van der Waals surface area contributed by atoms with Crippen LogP contribution in [0.5, 0.6) is 0 Å². The van der Waals surface area contributed by atoms with E-state index >= 15 is 0 Å². The summed E-state index contributed by atoms with van der Waals surface area (Å²) in [6.45, 7) is 12.8. The number of alkyl carbamates (subject to hydrolysis) is 1. The summed E-state index contributed by atoms with van der Waals surface area (Å²) < 4.78 is 33.9. The van der Waals surface area contributed by atoms with Gasteiger partial charge in [-0.1, -0.05) is 56.3 Å². The largest absolute Gasteiger partial charge is 0.444 e. The normalized spacial score (nSPS) is 22.8. The highest BCUT2D eigenvalue weighted by atomic mass is 32.2. The lowest BCUT2D eigenvalue weighted by atomic mass is 9.88. The van der Waals surface area contributed by atoms with Gasteiger partial charge in [0.1, 0.15) is 17.2 Å². The number of hydrogen-bond donors (Lipinski definition) is 4. The molecular weight excluding hydrogens is 622 g/mol. The topological polar surface area (TPSA) is 163 Å². The van der Waals surface area contributed by atoms with E-state index in [0.29, 0.717) is 0 Å². The fourth-order valence-electron chi connectivity index (χ4n) is 5.83. The van der Waals surface area contributed by atoms with Crippen molar-refractivity contribution in [2.45, 2.75) is 69.0 Å². The third kappa shape index (κ3) is 7.88. The average Bonchev–Trinajstić information content (AvgIpc) is 3.54. The number of ether oxygens (including phenoxy) is 1. The molecule has 0 unspecified atom stereocenters. The minimum absolute atomic E-state index is 0.0124. The van der Waals surface area contributed by atoms with Crippen LogP contribution in [-0.4, -0.2) is 74.5 Å². The molecule has 1 saturated carbocycles. The Kier molecular flexibility index (Phi) is 10.3. The Bertz CT molecular complexity index is 1620. The van der Waals surface area contributed by atoms with Gasteiger partial charge in [-0.3, -0.25) is 14.4 Å². The number of sulfonamides is 1. The highest BCUT2D eigenvalue weighted by Crippen LogP contribution is 2.46. The minimum atomic E-state index is -4.38. The van der Waals surface area contributed by atoms with Gasteiger partial charge in [0, 0.05) is 32.0 Å². The van der Waals surface area contributed by atoms with Crippen molar-refractivity contribution in [3.63, 3.8) is 0 Å². The van der Waals surface area contributed by atoms with Crippen LogP contribution in [0.25, 0.3) is 0 Å². The van der Waals surface area contributed by atoms with Gasteiger partial charge in [0.05, 0.1) is 11.6 Å². The van der Waals surface area contributed by atoms with E-state index in [1.54, 1.807) is 39.5 Å². The Hall–Kier alpha value is -4.57. The first kappa shape index (κ1) is 35.3. The van der Waals surface area contributed by atoms with Crippen molar-refractivity contribution in [1.82, 2.24) is 20.3 Å². The van der Waals surface area contributed by atoms with Crippen LogP contribution in [0.4, 0.5) is 10.5 Å². The van der Waals surface area contributed by atoms with Crippen LogP contribution >= 0.6 is 0 Å². The molecule has 1 aliphatic heterocycles. The van der Waals surface area contributed by atoms with Crippen molar-refractivity contribution < 1.29 is 32.3 Å². The summed E-state index contributed by atoms with van der Waals surface area (Å²) in [5, 5.41) is 8.28. The molecule has 1 aliphatic carbocycles. The van der Waals surface area contributed by atoms with Gasteiger partial charge >= 0.3 is 6.09 Å². The number of nitrogens with one attached hydrogen (secondary N) is 4. The Balaban J connectivity index is 1.58. The van der Waals surface area contributed by atoms with Gasteiger partial charge in [0.2, 0.25) is 11.8 Å². The van der Waals surface area contributed by atoms with Crippen molar-refractivity contribution in [2.24, 2.45) is 17.8 Å². The molecule has 12 nitrogen and oxygen atoms in total. The lowest BCUT2D eigenvalue weighted by molar-refractivity contribution is -0.134. The highest BCUT2D eigenvalue weighted by molar-refractivity contribution is 7.90. The fourth-order valence-corrected chi connectivity index (χ4v) is 7.01. The number of carbonyl (C=O) groups is 4. The smallest absolute Gasteiger partial charge is 0.408 e. The summed E-state index contributed by atoms with van der Waals surface area (Å²) in [7, 11) is -2.84. The molecule has 1 saturated heterocycles. The number of likely N-dealkylation sites (tertiary alicyclic amines) is 1. The Morgan fingerprint density at radius 3 is 2.36 bits per heavy atom. The van der Waals surface area contributed by atoms with E-state index in [4.69, 9.17) is 4.74 Å². The van der Waals surface area contributed by atoms with Gasteiger partial charge in [-0.05, 0) is 56.9 Å². The minimum Gasteiger partial charge on any atom is -0.444 e. The van der Waals surface area contributed by atoms with Crippen molar-refractivity contribution in [2.75, 3.05) is 25.5 Å². The second-order valence-corrected chi connectivity index (χ2v) is 14.9. The predicted octanol–water partition coefficient (Wildman–Crippen LogP) is 2.99. The van der Waals surface area contributed by atoms with Crippen molar-refractivity contribution in [1.29, 1.82) is 0 Å². The fraction of sp³-hybridized carbons (Fsp3) is 0.471. The number of anilines is 1. The van der Waals surface area contributed by atoms with Crippen LogP contribution in [0.2, 0.25) is 0 Å². The molecular formula is C34H43N5O7S. The molecule has 0 aromatic heterocycles. The zero-order valence-electron chi connectivity index (χ0n) is 27.5. The molecule has 2 fully saturated rings. The standard InChI is InChI=1S/C34H43N5O7S/c1-8-23-18-34(23,31(42)38-47(44,45)27-17-13-12-16-26(27)35-7)37-29(40)25-20-39(19-24(25)22-14-10-9-11-15-22)30(41)28(21(2)3)36-32(43)46-33(4,5)6/h8-12,14-16,21,23-25,28,35H,1,18-20H2,2-7H3,(H,36,43)(H,37,40)(H,38,42)/t23-,24+,25-,28+,34-/m1/s1. The molecule has 4 N–H and O–H groups in total. The lowest BCUT2D eigenvalue weighted by Crippen LogP contribution is -2.54. The van der Waals surface area contributed by atoms with Gasteiger partial charge in [-0.2, -0.15) is 0 Å². The summed E-state index contributed by atoms with van der Waals surface area (Å²) in [5.41, 5.74) is -1.27. The van der Waals surface area contributed by atoms with Crippen LogP contribution < -0.4 is 20.7 Å². The van der Waals surface area contributed by atoms with E-state index in [0.717, 1.165) is 5.56 Å². The summed E-state index contributed by atoms with van der Waals surface area (Å²) in [4.78, 5) is 55.4. The van der Waals surface area contributed by atoms with Gasteiger partial charge in [0.25, 0.3) is 15.9 Å². The van der Waals surface area contributed by atoms with E-state index in [2.05, 4.69) is 39.4 Å². The van der Waals surface area contributed by atoms with E-state index in [1.807, 2.05) is 30.3 Å². The first-order valence-electron chi connectivity index (χ1n) is 15.5. The van der Waals surface area contributed by atoms with Gasteiger partial charge in [0.15, 0.2) is 4.90 Å². The molecule has 0 bridgehead atoms. The second kappa shape index (κ2) is 13.7. The number of benzene rings is 1. The number of rotatable bonds is 11. The maximum absolute atomic E-state index is 14.1. The first-order valence-corrected chi connectivity index (χ1v) is 17.0. The Morgan fingerprint density at radius 2 is 1.79 bits per heavy atom. The molecule has 4 rings (SSSR count). The quantitative estimate of drug-likeness (QED) is 0.266. The van der Waals surface area contributed by atoms with E-state index in [-0.39, 0.29) is 41.9 Å². The number of amides is 4. The lowest BCUT2D eigenvalue weighted by Gasteiger charge is -2.28. The van der Waals surface area contributed by atoms with E-state index in [9.17, 15) is 27.6 Å². The van der Waals surface area contributed by atoms with E-state index < -0.39 is 62.9 Å². The summed E-state index contributed by atoms with van der Waals surface area (Å²) in [6.07, 6.45) is 0.925. The van der Waals surface area contributed by atoms with E-state index in [1.165, 1.54) is 25.3 Å². The predicted molar refractivity (Wildman–Crippen MR) is 175 cm³/mol. The summed E-state index contributed by atoms with van der Waals surface area (Å²) in [6, 6.07) is 16.4. The second-order valence-electron chi connectivity index (χ2n) is 13.3. The molecule has 1 heterocycles. The molecule has 0 spiro atoms. The Labute approximate surface area is 276 Å². The van der Waals surface area contributed by atoms with Crippen LogP contribution in [0, 0.1) is 29.9 Å². The molecule has 13 heteroatoms. The van der Waals surface area contributed by atoms with Gasteiger partial charge < -0.3 is 25.6 Å². The molecule has 2 aromatic rings. The van der Waals surface area contributed by atoms with Crippen LogP contribution in [0.3, 0.4) is 0 Å². The van der Waals surface area contributed by atoms with Crippen molar-refractivity contribution in [3.8, 4) is 0 Å². The molecule has 0 radical (unpaired) electrons. The maximum atomic E-state index is 14.1. The monoisotopic (exact) mass is 665 g/mol. The number of nitrogens with zero attached hydrogens (tertiary/aromatic N) is 1. The zero-order valence-corrected chi connectivity index (χ0v) is 28.4. The maximum Gasteiger partial charge on any atom is 0.408 e. The Morgan fingerprint density at radius 1 is 1.11 bits per heavy atom. The van der Waals surface area contributed by atoms with Crippen molar-refractivity contribution >= 4 is 39.5 Å². The van der Waals surface area contributed by atoms with Crippen LogP contribution in [0.15, 0.2) is 60.0 Å². The molecule has 47 heavy (non-hydrogen) atoms. The molecule has 4 amide bonds. The molecule has 5 atom stereocenters.